The van der Waals surface area contributed by atoms with Gasteiger partial charge in [-0.1, -0.05) is 29.8 Å². The summed E-state index contributed by atoms with van der Waals surface area (Å²) in [5.74, 6) is -0.815. The third-order valence-corrected chi connectivity index (χ3v) is 5.09. The van der Waals surface area contributed by atoms with E-state index in [1.54, 1.807) is 35.2 Å². The number of hydrogen-bond donors (Lipinski definition) is 0. The van der Waals surface area contributed by atoms with Crippen molar-refractivity contribution in [2.75, 3.05) is 7.11 Å². The van der Waals surface area contributed by atoms with Crippen molar-refractivity contribution >= 4 is 23.7 Å². The van der Waals surface area contributed by atoms with Gasteiger partial charge >= 0.3 is 12.1 Å². The molecule has 26 heavy (non-hydrogen) atoms. The van der Waals surface area contributed by atoms with Crippen molar-refractivity contribution in [2.45, 2.75) is 51.3 Å². The van der Waals surface area contributed by atoms with Gasteiger partial charge in [-0.3, -0.25) is 4.79 Å². The summed E-state index contributed by atoms with van der Waals surface area (Å²) in [6.07, 6.45) is 0.520. The number of nitrogens with zero attached hydrogens (tertiary/aromatic N) is 1. The molecule has 0 saturated heterocycles. The van der Waals surface area contributed by atoms with E-state index in [4.69, 9.17) is 21.1 Å². The second-order valence-corrected chi connectivity index (χ2v) is 7.46. The number of rotatable bonds is 6. The Morgan fingerprint density at radius 2 is 1.73 bits per heavy atom. The first-order valence-electron chi connectivity index (χ1n) is 8.67. The highest BCUT2D eigenvalue weighted by atomic mass is 35.5. The highest BCUT2D eigenvalue weighted by molar-refractivity contribution is 6.30. The Morgan fingerprint density at radius 1 is 1.19 bits per heavy atom. The molecule has 1 aliphatic rings. The van der Waals surface area contributed by atoms with E-state index in [9.17, 15) is 9.59 Å². The lowest BCUT2D eigenvalue weighted by Gasteiger charge is -2.30. The molecule has 1 aliphatic carbocycles. The Hall–Kier alpha value is -2.01. The summed E-state index contributed by atoms with van der Waals surface area (Å²) < 4.78 is 10.8. The van der Waals surface area contributed by atoms with Gasteiger partial charge in [-0.2, -0.15) is 0 Å². The van der Waals surface area contributed by atoms with Crippen LogP contribution in [0.1, 0.15) is 33.3 Å². The second-order valence-electron chi connectivity index (χ2n) is 7.03. The van der Waals surface area contributed by atoms with Crippen LogP contribution in [0.2, 0.25) is 5.02 Å². The van der Waals surface area contributed by atoms with Gasteiger partial charge in [-0.25, -0.2) is 4.79 Å². The molecule has 0 heterocycles. The van der Waals surface area contributed by atoms with Gasteiger partial charge in [0, 0.05) is 23.0 Å². The van der Waals surface area contributed by atoms with Crippen LogP contribution < -0.4 is 0 Å². The first-order valence-corrected chi connectivity index (χ1v) is 9.05. The summed E-state index contributed by atoms with van der Waals surface area (Å²) in [5.41, 5.74) is -0.395. The molecular weight excluding hydrogens is 354 g/mol. The summed E-state index contributed by atoms with van der Waals surface area (Å²) in [6, 6.07) is 6.87. The first kappa shape index (κ1) is 20.3. The van der Waals surface area contributed by atoms with Crippen LogP contribution in [0.4, 0.5) is 4.79 Å². The number of amides is 1. The maximum Gasteiger partial charge on any atom is 0.410 e. The van der Waals surface area contributed by atoms with Crippen LogP contribution >= 0.6 is 11.6 Å². The van der Waals surface area contributed by atoms with Gasteiger partial charge in [-0.15, -0.1) is 6.58 Å². The van der Waals surface area contributed by atoms with E-state index in [0.717, 1.165) is 0 Å². The third kappa shape index (κ3) is 3.32. The van der Waals surface area contributed by atoms with Crippen LogP contribution in [0.5, 0.6) is 0 Å². The number of carbonyl (C=O) groups excluding carboxylic acids is 2. The number of hydrogen-bond acceptors (Lipinski definition) is 4. The van der Waals surface area contributed by atoms with E-state index in [1.807, 2.05) is 27.7 Å². The molecule has 1 amide bonds. The zero-order valence-corrected chi connectivity index (χ0v) is 16.6. The highest BCUT2D eigenvalue weighted by Gasteiger charge is 2.73. The molecule has 1 saturated carbocycles. The van der Waals surface area contributed by atoms with Crippen LogP contribution in [0.15, 0.2) is 36.9 Å². The number of methoxy groups -OCH3 is 1. The summed E-state index contributed by atoms with van der Waals surface area (Å²) in [6.45, 7) is 11.5. The molecule has 0 unspecified atom stereocenters. The van der Waals surface area contributed by atoms with Crippen molar-refractivity contribution in [1.82, 2.24) is 4.90 Å². The van der Waals surface area contributed by atoms with E-state index in [1.165, 1.54) is 7.11 Å². The quantitative estimate of drug-likeness (QED) is 0.549. The lowest BCUT2D eigenvalue weighted by atomic mass is 9.93. The summed E-state index contributed by atoms with van der Waals surface area (Å²) in [5, 5.41) is 0.559. The minimum Gasteiger partial charge on any atom is -0.468 e. The molecule has 0 N–H and O–H groups in total. The molecule has 142 valence electrons. The molecule has 0 spiro atoms. The van der Waals surface area contributed by atoms with Gasteiger partial charge < -0.3 is 14.4 Å². The molecule has 1 aromatic carbocycles. The highest BCUT2D eigenvalue weighted by Crippen LogP contribution is 2.58. The molecule has 6 heteroatoms. The standard InChI is InChI=1S/C20H26ClNO4/c1-7-16-17(26-19(24)22(12(2)3)13(4)5)20(16,18(23)25-6)14-8-10-15(21)11-9-14/h7-13,16-17H,1H2,2-6H3/t16-,17+,20-/m1/s1. The fraction of sp³-hybridized carbons (Fsp3) is 0.500. The first-order chi connectivity index (χ1) is 12.2. The number of benzene rings is 1. The van der Waals surface area contributed by atoms with Crippen LogP contribution in [-0.2, 0) is 19.7 Å². The van der Waals surface area contributed by atoms with Gasteiger partial charge in [0.1, 0.15) is 11.5 Å². The predicted molar refractivity (Wildman–Crippen MR) is 101 cm³/mol. The largest absolute Gasteiger partial charge is 0.468 e. The Balaban J connectivity index is 2.38. The van der Waals surface area contributed by atoms with Gasteiger partial charge in [0.05, 0.1) is 7.11 Å². The molecular formula is C20H26ClNO4. The number of carbonyl (C=O) groups is 2. The fourth-order valence-electron chi connectivity index (χ4n) is 3.67. The fourth-order valence-corrected chi connectivity index (χ4v) is 3.79. The SMILES string of the molecule is C=C[C@@H]1[C@H](OC(=O)N(C(C)C)C(C)C)[C@@]1(C(=O)OC)c1ccc(Cl)cc1. The van der Waals surface area contributed by atoms with Crippen LogP contribution in [-0.4, -0.2) is 42.3 Å². The molecule has 1 aromatic rings. The van der Waals surface area contributed by atoms with E-state index in [-0.39, 0.29) is 18.0 Å². The number of ether oxygens (including phenoxy) is 2. The Kier molecular flexibility index (Phi) is 6.02. The van der Waals surface area contributed by atoms with Crippen LogP contribution in [0.3, 0.4) is 0 Å². The molecule has 0 aromatic heterocycles. The molecule has 1 fully saturated rings. The summed E-state index contributed by atoms with van der Waals surface area (Å²) in [4.78, 5) is 27.0. The summed E-state index contributed by atoms with van der Waals surface area (Å²) in [7, 11) is 1.33. The molecule has 3 atom stereocenters. The average molecular weight is 380 g/mol. The molecule has 0 bridgehead atoms. The van der Waals surface area contributed by atoms with Gasteiger partial charge in [0.2, 0.25) is 0 Å². The normalized spacial score (nSPS) is 24.3. The second kappa shape index (κ2) is 7.70. The van der Waals surface area contributed by atoms with E-state index in [2.05, 4.69) is 6.58 Å². The molecule has 2 rings (SSSR count). The van der Waals surface area contributed by atoms with E-state index < -0.39 is 23.6 Å². The molecule has 5 nitrogen and oxygen atoms in total. The van der Waals surface area contributed by atoms with Crippen molar-refractivity contribution in [3.63, 3.8) is 0 Å². The van der Waals surface area contributed by atoms with Gasteiger partial charge in [0.15, 0.2) is 0 Å². The smallest absolute Gasteiger partial charge is 0.410 e. The predicted octanol–water partition coefficient (Wildman–Crippen LogP) is 4.19. The molecule has 0 radical (unpaired) electrons. The zero-order valence-electron chi connectivity index (χ0n) is 15.9. The molecule has 0 aliphatic heterocycles. The Labute approximate surface area is 159 Å². The number of esters is 1. The van der Waals surface area contributed by atoms with Gasteiger partial charge in [-0.05, 0) is 45.4 Å². The monoisotopic (exact) mass is 379 g/mol. The van der Waals surface area contributed by atoms with E-state index >= 15 is 0 Å². The zero-order chi connectivity index (χ0) is 19.6. The van der Waals surface area contributed by atoms with Crippen molar-refractivity contribution in [3.8, 4) is 0 Å². The lowest BCUT2D eigenvalue weighted by molar-refractivity contribution is -0.144. The van der Waals surface area contributed by atoms with Crippen molar-refractivity contribution in [2.24, 2.45) is 5.92 Å². The summed E-state index contributed by atoms with van der Waals surface area (Å²) >= 11 is 5.97. The average Bonchev–Trinajstić information content (AvgIpc) is 3.21. The lowest BCUT2D eigenvalue weighted by Crippen LogP contribution is -2.43. The van der Waals surface area contributed by atoms with Crippen molar-refractivity contribution < 1.29 is 19.1 Å². The maximum absolute atomic E-state index is 12.7. The Morgan fingerprint density at radius 3 is 2.15 bits per heavy atom. The minimum absolute atomic E-state index is 0.0218. The third-order valence-electron chi connectivity index (χ3n) is 4.84. The van der Waals surface area contributed by atoms with Crippen molar-refractivity contribution in [3.05, 3.63) is 47.5 Å². The van der Waals surface area contributed by atoms with Crippen LogP contribution in [0.25, 0.3) is 0 Å². The van der Waals surface area contributed by atoms with E-state index in [0.29, 0.717) is 10.6 Å². The topological polar surface area (TPSA) is 55.8 Å². The minimum atomic E-state index is -1.09. The number of halogens is 1. The van der Waals surface area contributed by atoms with Crippen LogP contribution in [0, 0.1) is 5.92 Å². The van der Waals surface area contributed by atoms with Crippen molar-refractivity contribution in [1.29, 1.82) is 0 Å². The van der Waals surface area contributed by atoms with Gasteiger partial charge in [0.25, 0.3) is 0 Å². The Bertz CT molecular complexity index is 678. The maximum atomic E-state index is 12.7.